The van der Waals surface area contributed by atoms with Gasteiger partial charge >= 0.3 is 6.03 Å². The second-order valence-electron chi connectivity index (χ2n) is 5.09. The maximum absolute atomic E-state index is 10.9. The van der Waals surface area contributed by atoms with Crippen molar-refractivity contribution in [3.63, 3.8) is 0 Å². The summed E-state index contributed by atoms with van der Waals surface area (Å²) in [5.41, 5.74) is 6.40. The van der Waals surface area contributed by atoms with Crippen molar-refractivity contribution in [1.82, 2.24) is 5.06 Å². The number of benzene rings is 2. The minimum Gasteiger partial charge on any atom is -0.457 e. The van der Waals surface area contributed by atoms with Gasteiger partial charge in [-0.25, -0.2) is 4.79 Å². The van der Waals surface area contributed by atoms with E-state index in [1.165, 1.54) is 0 Å². The molecule has 24 heavy (non-hydrogen) atoms. The highest BCUT2D eigenvalue weighted by Crippen LogP contribution is 2.23. The van der Waals surface area contributed by atoms with Crippen molar-refractivity contribution in [3.8, 4) is 17.6 Å². The Morgan fingerprint density at radius 2 is 2.00 bits per heavy atom. The second kappa shape index (κ2) is 7.81. The Labute approximate surface area is 140 Å². The normalized spacial score (nSPS) is 11.7. The highest BCUT2D eigenvalue weighted by atomic mass is 16.5. The number of nitrogens with zero attached hydrogens (tertiary/aromatic N) is 2. The summed E-state index contributed by atoms with van der Waals surface area (Å²) in [6, 6.07) is 14.7. The van der Waals surface area contributed by atoms with Gasteiger partial charge in [-0.3, -0.25) is 5.21 Å². The lowest BCUT2D eigenvalue weighted by Crippen LogP contribution is -2.38. The smallest absolute Gasteiger partial charge is 0.339 e. The topological polar surface area (TPSA) is 99.6 Å². The molecule has 6 nitrogen and oxygen atoms in total. The van der Waals surface area contributed by atoms with Crippen LogP contribution in [0.4, 0.5) is 4.79 Å². The van der Waals surface area contributed by atoms with Crippen LogP contribution in [0.3, 0.4) is 0 Å². The summed E-state index contributed by atoms with van der Waals surface area (Å²) < 4.78 is 5.73. The van der Waals surface area contributed by atoms with Crippen LogP contribution in [0.25, 0.3) is 6.08 Å². The molecule has 0 fully saturated rings. The van der Waals surface area contributed by atoms with Crippen molar-refractivity contribution in [3.05, 3.63) is 65.7 Å². The fourth-order valence-electron chi connectivity index (χ4n) is 1.95. The molecule has 0 aliphatic carbocycles. The number of hydrogen-bond acceptors (Lipinski definition) is 4. The van der Waals surface area contributed by atoms with Crippen LogP contribution in [-0.4, -0.2) is 22.3 Å². The highest BCUT2D eigenvalue weighted by Gasteiger charge is 2.11. The predicted octanol–water partition coefficient (Wildman–Crippen LogP) is 3.52. The van der Waals surface area contributed by atoms with Gasteiger partial charge in [-0.1, -0.05) is 24.3 Å². The summed E-state index contributed by atoms with van der Waals surface area (Å²) >= 11 is 0. The molecule has 0 bridgehead atoms. The van der Waals surface area contributed by atoms with Crippen LogP contribution >= 0.6 is 0 Å². The summed E-state index contributed by atoms with van der Waals surface area (Å²) in [5.74, 6) is 1.25. The predicted molar refractivity (Wildman–Crippen MR) is 89.4 cm³/mol. The van der Waals surface area contributed by atoms with Gasteiger partial charge in [0.15, 0.2) is 0 Å². The van der Waals surface area contributed by atoms with E-state index in [-0.39, 0.29) is 0 Å². The molecular weight excluding hydrogens is 306 g/mol. The molecule has 0 unspecified atom stereocenters. The molecule has 2 aromatic carbocycles. The molecule has 0 aliphatic heterocycles. The van der Waals surface area contributed by atoms with E-state index in [0.29, 0.717) is 22.1 Å². The van der Waals surface area contributed by atoms with Crippen molar-refractivity contribution in [2.24, 2.45) is 5.73 Å². The molecule has 0 spiro atoms. The van der Waals surface area contributed by atoms with E-state index in [2.05, 4.69) is 0 Å². The highest BCUT2D eigenvalue weighted by molar-refractivity contribution is 5.71. The first-order valence-electron chi connectivity index (χ1n) is 7.23. The number of rotatable bonds is 5. The fourth-order valence-corrected chi connectivity index (χ4v) is 1.95. The van der Waals surface area contributed by atoms with Crippen molar-refractivity contribution < 1.29 is 14.7 Å². The Balaban J connectivity index is 2.08. The maximum atomic E-state index is 10.9. The average molecular weight is 323 g/mol. The number of ether oxygens (including phenoxy) is 1. The fraction of sp³-hybridized carbons (Fsp3) is 0.111. The standard InChI is InChI=1S/C18H17N3O3/c1-13(21(23)18(20)22)5-6-14-3-2-4-17(11-14)24-16-9-7-15(12-19)8-10-16/h2-11,13,23H,1H3,(H2,20,22)/t13-/m0/s1. The number of urea groups is 1. The van der Waals surface area contributed by atoms with Crippen molar-refractivity contribution in [2.75, 3.05) is 0 Å². The Morgan fingerprint density at radius 3 is 2.62 bits per heavy atom. The number of nitrogens with two attached hydrogens (primary N) is 1. The van der Waals surface area contributed by atoms with Crippen LogP contribution in [0.2, 0.25) is 0 Å². The zero-order valence-corrected chi connectivity index (χ0v) is 13.1. The van der Waals surface area contributed by atoms with E-state index < -0.39 is 12.1 Å². The summed E-state index contributed by atoms with van der Waals surface area (Å²) in [6.07, 6.45) is 3.40. The number of hydrogen-bond donors (Lipinski definition) is 2. The Kier molecular flexibility index (Phi) is 5.55. The van der Waals surface area contributed by atoms with Crippen molar-refractivity contribution in [1.29, 1.82) is 5.26 Å². The van der Waals surface area contributed by atoms with Gasteiger partial charge in [0.05, 0.1) is 17.7 Å². The van der Waals surface area contributed by atoms with Crippen molar-refractivity contribution >= 4 is 12.1 Å². The number of nitriles is 1. The zero-order chi connectivity index (χ0) is 17.5. The molecule has 1 atom stereocenters. The molecule has 0 aromatic heterocycles. The Morgan fingerprint density at radius 1 is 1.29 bits per heavy atom. The number of primary amides is 1. The first kappa shape index (κ1) is 17.1. The average Bonchev–Trinajstić information content (AvgIpc) is 2.60. The number of carbonyl (C=O) groups is 1. The third kappa shape index (κ3) is 4.60. The quantitative estimate of drug-likeness (QED) is 0.649. The lowest BCUT2D eigenvalue weighted by molar-refractivity contribution is -0.0560. The van der Waals surface area contributed by atoms with Crippen molar-refractivity contribution in [2.45, 2.75) is 13.0 Å². The van der Waals surface area contributed by atoms with Gasteiger partial charge in [0.1, 0.15) is 11.5 Å². The molecule has 122 valence electrons. The number of carbonyl (C=O) groups excluding carboxylic acids is 1. The van der Waals surface area contributed by atoms with Gasteiger partial charge in [0, 0.05) is 0 Å². The molecular formula is C18H17N3O3. The summed E-state index contributed by atoms with van der Waals surface area (Å²) in [6.45, 7) is 1.64. The van der Waals surface area contributed by atoms with Crippen LogP contribution in [0, 0.1) is 11.3 Å². The molecule has 6 heteroatoms. The third-order valence-corrected chi connectivity index (χ3v) is 3.26. The summed E-state index contributed by atoms with van der Waals surface area (Å²) in [7, 11) is 0. The maximum Gasteiger partial charge on any atom is 0.339 e. The molecule has 2 amide bonds. The van der Waals surface area contributed by atoms with E-state index in [1.807, 2.05) is 24.3 Å². The van der Waals surface area contributed by atoms with Crippen LogP contribution in [-0.2, 0) is 0 Å². The van der Waals surface area contributed by atoms with Crippen LogP contribution < -0.4 is 10.5 Å². The Hall–Kier alpha value is -3.30. The lowest BCUT2D eigenvalue weighted by atomic mass is 10.1. The van der Waals surface area contributed by atoms with Crippen LogP contribution in [0.1, 0.15) is 18.1 Å². The van der Waals surface area contributed by atoms with Gasteiger partial charge < -0.3 is 10.5 Å². The number of amides is 2. The third-order valence-electron chi connectivity index (χ3n) is 3.26. The molecule has 0 heterocycles. The first-order chi connectivity index (χ1) is 11.5. The molecule has 0 saturated carbocycles. The largest absolute Gasteiger partial charge is 0.457 e. The molecule has 0 saturated heterocycles. The lowest BCUT2D eigenvalue weighted by Gasteiger charge is -2.16. The minimum atomic E-state index is -0.912. The van der Waals surface area contributed by atoms with E-state index in [4.69, 9.17) is 15.7 Å². The van der Waals surface area contributed by atoms with Gasteiger partial charge in [-0.15, -0.1) is 0 Å². The van der Waals surface area contributed by atoms with E-state index in [9.17, 15) is 10.0 Å². The molecule has 0 aliphatic rings. The van der Waals surface area contributed by atoms with Gasteiger partial charge in [-0.2, -0.15) is 10.3 Å². The molecule has 2 rings (SSSR count). The summed E-state index contributed by atoms with van der Waals surface area (Å²) in [5, 5.41) is 18.7. The van der Waals surface area contributed by atoms with Crippen LogP contribution in [0.15, 0.2) is 54.6 Å². The summed E-state index contributed by atoms with van der Waals surface area (Å²) in [4.78, 5) is 10.9. The monoisotopic (exact) mass is 323 g/mol. The van der Waals surface area contributed by atoms with Gasteiger partial charge in [-0.05, 0) is 48.9 Å². The van der Waals surface area contributed by atoms with Gasteiger partial charge in [0.2, 0.25) is 0 Å². The first-order valence-corrected chi connectivity index (χ1v) is 7.23. The molecule has 0 radical (unpaired) electrons. The van der Waals surface area contributed by atoms with E-state index in [0.717, 1.165) is 5.56 Å². The zero-order valence-electron chi connectivity index (χ0n) is 13.1. The second-order valence-corrected chi connectivity index (χ2v) is 5.09. The molecule has 2 aromatic rings. The van der Waals surface area contributed by atoms with Gasteiger partial charge in [0.25, 0.3) is 0 Å². The molecule has 3 N–H and O–H groups in total. The Bertz CT molecular complexity index is 779. The minimum absolute atomic E-state index is 0.452. The SMILES string of the molecule is C[C@@H](C=Cc1cccc(Oc2ccc(C#N)cc2)c1)N(O)C(N)=O. The van der Waals surface area contributed by atoms with E-state index >= 15 is 0 Å². The van der Waals surface area contributed by atoms with E-state index in [1.54, 1.807) is 49.4 Å². The number of hydroxylamine groups is 2. The van der Waals surface area contributed by atoms with Crippen LogP contribution in [0.5, 0.6) is 11.5 Å².